The lowest BCUT2D eigenvalue weighted by Gasteiger charge is -2.20. The molecular formula is C11H15NO2. The fraction of sp³-hybridized carbons (Fsp3) is 0.455. The summed E-state index contributed by atoms with van der Waals surface area (Å²) in [4.78, 5) is 2.16. The van der Waals surface area contributed by atoms with Crippen LogP contribution in [0.5, 0.6) is 5.75 Å². The average Bonchev–Trinajstić information content (AvgIpc) is 2.65. The first-order chi connectivity index (χ1) is 6.81. The van der Waals surface area contributed by atoms with Gasteiger partial charge in [-0.25, -0.2) is 0 Å². The number of hydrogen-bond acceptors (Lipinski definition) is 3. The molecule has 1 aromatic carbocycles. The number of anilines is 1. The van der Waals surface area contributed by atoms with Crippen LogP contribution in [0.2, 0.25) is 0 Å². The van der Waals surface area contributed by atoms with Gasteiger partial charge in [-0.05, 0) is 18.6 Å². The molecule has 3 heteroatoms. The highest BCUT2D eigenvalue weighted by Crippen LogP contribution is 2.30. The Balaban J connectivity index is 2.22. The largest absolute Gasteiger partial charge is 0.495 e. The number of rotatable bonds is 2. The average molecular weight is 193 g/mol. The molecule has 1 unspecified atom stereocenters. The molecule has 1 aliphatic rings. The van der Waals surface area contributed by atoms with Crippen LogP contribution in [0.4, 0.5) is 5.69 Å². The molecule has 76 valence electrons. The summed E-state index contributed by atoms with van der Waals surface area (Å²) in [6, 6.07) is 7.91. The van der Waals surface area contributed by atoms with Gasteiger partial charge in [0.15, 0.2) is 0 Å². The van der Waals surface area contributed by atoms with Crippen molar-refractivity contribution in [3.8, 4) is 5.75 Å². The SMILES string of the molecule is COc1ccccc1N1CCC(O)C1. The van der Waals surface area contributed by atoms with E-state index < -0.39 is 0 Å². The van der Waals surface area contributed by atoms with Gasteiger partial charge in [0.2, 0.25) is 0 Å². The van der Waals surface area contributed by atoms with Crippen molar-refractivity contribution in [2.45, 2.75) is 12.5 Å². The number of ether oxygens (including phenoxy) is 1. The Bertz CT molecular complexity index is 314. The van der Waals surface area contributed by atoms with E-state index in [2.05, 4.69) is 4.90 Å². The number of aliphatic hydroxyl groups is 1. The Morgan fingerprint density at radius 2 is 2.21 bits per heavy atom. The van der Waals surface area contributed by atoms with Gasteiger partial charge in [0.25, 0.3) is 0 Å². The Morgan fingerprint density at radius 1 is 1.43 bits per heavy atom. The van der Waals surface area contributed by atoms with Gasteiger partial charge in [-0.3, -0.25) is 0 Å². The highest BCUT2D eigenvalue weighted by atomic mass is 16.5. The maximum atomic E-state index is 9.44. The molecule has 1 fully saturated rings. The van der Waals surface area contributed by atoms with Gasteiger partial charge < -0.3 is 14.7 Å². The molecule has 1 atom stereocenters. The molecule has 14 heavy (non-hydrogen) atoms. The highest BCUT2D eigenvalue weighted by Gasteiger charge is 2.22. The number of hydrogen-bond donors (Lipinski definition) is 1. The van der Waals surface area contributed by atoms with E-state index in [1.165, 1.54) is 0 Å². The molecule has 0 saturated carbocycles. The summed E-state index contributed by atoms with van der Waals surface area (Å²) in [5.74, 6) is 0.876. The monoisotopic (exact) mass is 193 g/mol. The van der Waals surface area contributed by atoms with Crippen LogP contribution in [0, 0.1) is 0 Å². The summed E-state index contributed by atoms with van der Waals surface area (Å²) in [5, 5.41) is 9.44. The molecule has 0 amide bonds. The van der Waals surface area contributed by atoms with Gasteiger partial charge in [-0.15, -0.1) is 0 Å². The van der Waals surface area contributed by atoms with E-state index in [4.69, 9.17) is 4.74 Å². The van der Waals surface area contributed by atoms with Crippen molar-refractivity contribution in [2.75, 3.05) is 25.1 Å². The molecular weight excluding hydrogens is 178 g/mol. The van der Waals surface area contributed by atoms with Crippen LogP contribution in [0.3, 0.4) is 0 Å². The number of aliphatic hydroxyl groups excluding tert-OH is 1. The minimum Gasteiger partial charge on any atom is -0.495 e. The first-order valence-corrected chi connectivity index (χ1v) is 4.87. The summed E-state index contributed by atoms with van der Waals surface area (Å²) < 4.78 is 5.27. The smallest absolute Gasteiger partial charge is 0.142 e. The van der Waals surface area contributed by atoms with Crippen LogP contribution in [0.15, 0.2) is 24.3 Å². The molecule has 0 bridgehead atoms. The fourth-order valence-corrected chi connectivity index (χ4v) is 1.85. The van der Waals surface area contributed by atoms with E-state index in [1.54, 1.807) is 7.11 Å². The van der Waals surface area contributed by atoms with Crippen molar-refractivity contribution >= 4 is 5.69 Å². The van der Waals surface area contributed by atoms with Gasteiger partial charge in [-0.1, -0.05) is 12.1 Å². The fourth-order valence-electron chi connectivity index (χ4n) is 1.85. The van der Waals surface area contributed by atoms with Crippen molar-refractivity contribution in [1.29, 1.82) is 0 Å². The molecule has 1 aromatic rings. The molecule has 0 aliphatic carbocycles. The Labute approximate surface area is 83.9 Å². The molecule has 3 nitrogen and oxygen atoms in total. The number of para-hydroxylation sites is 2. The number of methoxy groups -OCH3 is 1. The predicted molar refractivity (Wildman–Crippen MR) is 55.8 cm³/mol. The van der Waals surface area contributed by atoms with Crippen LogP contribution in [0.25, 0.3) is 0 Å². The molecule has 2 rings (SSSR count). The molecule has 1 N–H and O–H groups in total. The molecule has 0 aromatic heterocycles. The van der Waals surface area contributed by atoms with Gasteiger partial charge >= 0.3 is 0 Å². The number of β-amino-alcohol motifs (C(OH)–C–C–N with tert-alkyl or cyclic N) is 1. The summed E-state index contributed by atoms with van der Waals surface area (Å²) in [6.07, 6.45) is 0.651. The lowest BCUT2D eigenvalue weighted by molar-refractivity contribution is 0.198. The van der Waals surface area contributed by atoms with Crippen LogP contribution in [0.1, 0.15) is 6.42 Å². The lowest BCUT2D eigenvalue weighted by atomic mass is 10.2. The Morgan fingerprint density at radius 3 is 2.86 bits per heavy atom. The van der Waals surface area contributed by atoms with Gasteiger partial charge in [-0.2, -0.15) is 0 Å². The number of nitrogens with zero attached hydrogens (tertiary/aromatic N) is 1. The van der Waals surface area contributed by atoms with E-state index in [0.717, 1.165) is 24.4 Å². The Hall–Kier alpha value is -1.22. The maximum absolute atomic E-state index is 9.44. The third kappa shape index (κ3) is 1.68. The quantitative estimate of drug-likeness (QED) is 0.767. The zero-order chi connectivity index (χ0) is 9.97. The Kier molecular flexibility index (Phi) is 2.59. The second kappa shape index (κ2) is 3.88. The minimum atomic E-state index is -0.195. The van der Waals surface area contributed by atoms with Crippen LogP contribution < -0.4 is 9.64 Å². The molecule has 1 heterocycles. The minimum absolute atomic E-state index is 0.195. The van der Waals surface area contributed by atoms with Crippen molar-refractivity contribution < 1.29 is 9.84 Å². The van der Waals surface area contributed by atoms with Gasteiger partial charge in [0.1, 0.15) is 5.75 Å². The first kappa shape index (κ1) is 9.34. The van der Waals surface area contributed by atoms with Crippen LogP contribution >= 0.6 is 0 Å². The molecule has 0 radical (unpaired) electrons. The van der Waals surface area contributed by atoms with Crippen molar-refractivity contribution in [2.24, 2.45) is 0 Å². The van der Waals surface area contributed by atoms with Crippen molar-refractivity contribution in [3.63, 3.8) is 0 Å². The third-order valence-electron chi connectivity index (χ3n) is 2.59. The molecule has 1 saturated heterocycles. The van der Waals surface area contributed by atoms with Crippen molar-refractivity contribution in [1.82, 2.24) is 0 Å². The highest BCUT2D eigenvalue weighted by molar-refractivity contribution is 5.59. The topological polar surface area (TPSA) is 32.7 Å². The number of benzene rings is 1. The first-order valence-electron chi connectivity index (χ1n) is 4.87. The van der Waals surface area contributed by atoms with Crippen LogP contribution in [-0.4, -0.2) is 31.4 Å². The summed E-state index contributed by atoms with van der Waals surface area (Å²) >= 11 is 0. The van der Waals surface area contributed by atoms with Crippen molar-refractivity contribution in [3.05, 3.63) is 24.3 Å². The third-order valence-corrected chi connectivity index (χ3v) is 2.59. The van der Waals surface area contributed by atoms with E-state index in [-0.39, 0.29) is 6.10 Å². The zero-order valence-corrected chi connectivity index (χ0v) is 8.31. The summed E-state index contributed by atoms with van der Waals surface area (Å²) in [7, 11) is 1.67. The van der Waals surface area contributed by atoms with E-state index >= 15 is 0 Å². The summed E-state index contributed by atoms with van der Waals surface area (Å²) in [6.45, 7) is 1.61. The van der Waals surface area contributed by atoms with Crippen LogP contribution in [-0.2, 0) is 0 Å². The maximum Gasteiger partial charge on any atom is 0.142 e. The standard InChI is InChI=1S/C11H15NO2/c1-14-11-5-3-2-4-10(11)12-7-6-9(13)8-12/h2-5,9,13H,6-8H2,1H3. The summed E-state index contributed by atoms with van der Waals surface area (Å²) in [5.41, 5.74) is 1.08. The normalized spacial score (nSPS) is 21.3. The predicted octanol–water partition coefficient (Wildman–Crippen LogP) is 1.27. The molecule has 1 aliphatic heterocycles. The lowest BCUT2D eigenvalue weighted by Crippen LogP contribution is -2.21. The molecule has 0 spiro atoms. The van der Waals surface area contributed by atoms with Gasteiger partial charge in [0, 0.05) is 13.1 Å². The van der Waals surface area contributed by atoms with E-state index in [0.29, 0.717) is 6.54 Å². The van der Waals surface area contributed by atoms with Gasteiger partial charge in [0.05, 0.1) is 18.9 Å². The van der Waals surface area contributed by atoms with E-state index in [9.17, 15) is 5.11 Å². The second-order valence-electron chi connectivity index (χ2n) is 3.56. The second-order valence-corrected chi connectivity index (χ2v) is 3.56. The zero-order valence-electron chi connectivity index (χ0n) is 8.31. The van der Waals surface area contributed by atoms with E-state index in [1.807, 2.05) is 24.3 Å².